The van der Waals surface area contributed by atoms with Crippen LogP contribution in [0.25, 0.3) is 0 Å². The second-order valence-electron chi connectivity index (χ2n) is 3.12. The molecule has 17 heavy (non-hydrogen) atoms. The number of thiazole rings is 1. The number of hydrogen-bond donors (Lipinski definition) is 0. The number of rotatable bonds is 5. The van der Waals surface area contributed by atoms with Gasteiger partial charge in [0.2, 0.25) is 5.13 Å². The summed E-state index contributed by atoms with van der Waals surface area (Å²) in [6.45, 7) is 0. The molecule has 1 aromatic rings. The zero-order valence-electron chi connectivity index (χ0n) is 9.55. The molecular formula is C9H11ClN4O2S. The van der Waals surface area contributed by atoms with Crippen molar-refractivity contribution in [2.24, 2.45) is 10.1 Å². The van der Waals surface area contributed by atoms with E-state index in [0.29, 0.717) is 10.8 Å². The van der Waals surface area contributed by atoms with E-state index in [4.69, 9.17) is 11.6 Å². The summed E-state index contributed by atoms with van der Waals surface area (Å²) in [6, 6.07) is 0. The van der Waals surface area contributed by atoms with E-state index in [-0.39, 0.29) is 5.71 Å². The van der Waals surface area contributed by atoms with Crippen molar-refractivity contribution in [3.8, 4) is 0 Å². The van der Waals surface area contributed by atoms with Crippen molar-refractivity contribution in [3.63, 3.8) is 0 Å². The lowest BCUT2D eigenvalue weighted by Crippen LogP contribution is -2.10. The number of carbonyl (C=O) groups excluding carboxylic acids is 1. The molecule has 0 aliphatic rings. The van der Waals surface area contributed by atoms with Gasteiger partial charge in [0.05, 0.1) is 6.34 Å². The van der Waals surface area contributed by atoms with Gasteiger partial charge in [0, 0.05) is 19.5 Å². The predicted molar refractivity (Wildman–Crippen MR) is 68.4 cm³/mol. The van der Waals surface area contributed by atoms with Gasteiger partial charge in [0.25, 0.3) is 5.24 Å². The summed E-state index contributed by atoms with van der Waals surface area (Å²) in [5.41, 5.74) is 0.319. The van der Waals surface area contributed by atoms with Crippen LogP contribution < -0.4 is 0 Å². The van der Waals surface area contributed by atoms with E-state index in [1.165, 1.54) is 18.4 Å². The Hall–Kier alpha value is -1.47. The largest absolute Gasteiger partial charge is 0.398 e. The molecule has 0 aromatic carbocycles. The molecule has 0 fully saturated rings. The third-order valence-electron chi connectivity index (χ3n) is 1.50. The van der Waals surface area contributed by atoms with Gasteiger partial charge in [0.15, 0.2) is 5.71 Å². The van der Waals surface area contributed by atoms with Gasteiger partial charge in [-0.1, -0.05) is 5.16 Å². The van der Waals surface area contributed by atoms with Crippen molar-refractivity contribution in [1.29, 1.82) is 0 Å². The second kappa shape index (κ2) is 6.31. The van der Waals surface area contributed by atoms with Crippen molar-refractivity contribution < 1.29 is 9.63 Å². The fourth-order valence-electron chi connectivity index (χ4n) is 0.872. The molecule has 0 aliphatic carbocycles. The molecule has 1 heterocycles. The zero-order valence-corrected chi connectivity index (χ0v) is 11.1. The maximum absolute atomic E-state index is 11.1. The normalized spacial score (nSPS) is 11.9. The van der Waals surface area contributed by atoms with Gasteiger partial charge in [0.1, 0.15) is 12.8 Å². The number of oxime groups is 1. The van der Waals surface area contributed by atoms with Crippen LogP contribution in [-0.4, -0.2) is 48.4 Å². The number of carbonyl (C=O) groups is 1. The lowest BCUT2D eigenvalue weighted by Gasteiger charge is -1.99. The van der Waals surface area contributed by atoms with Crippen molar-refractivity contribution in [2.45, 2.75) is 0 Å². The van der Waals surface area contributed by atoms with E-state index in [0.717, 1.165) is 0 Å². The van der Waals surface area contributed by atoms with E-state index in [9.17, 15) is 4.79 Å². The van der Waals surface area contributed by atoms with E-state index in [1.807, 2.05) is 14.1 Å². The minimum Gasteiger partial charge on any atom is -0.398 e. The van der Waals surface area contributed by atoms with E-state index in [1.54, 1.807) is 16.6 Å². The first-order valence-corrected chi connectivity index (χ1v) is 5.78. The Morgan fingerprint density at radius 1 is 1.65 bits per heavy atom. The van der Waals surface area contributed by atoms with Crippen LogP contribution in [0.2, 0.25) is 0 Å². The Labute approximate surface area is 108 Å². The summed E-state index contributed by atoms with van der Waals surface area (Å²) in [6.07, 6.45) is 1.61. The Balaban J connectivity index is 2.93. The van der Waals surface area contributed by atoms with Crippen molar-refractivity contribution in [1.82, 2.24) is 9.88 Å². The molecule has 0 saturated heterocycles. The van der Waals surface area contributed by atoms with Gasteiger partial charge in [-0.2, -0.15) is 0 Å². The SMILES string of the molecule is CO/N=C(\C(=O)Cl)c1csc(/N=C/N(C)C)n1. The molecule has 8 heteroatoms. The van der Waals surface area contributed by atoms with Gasteiger partial charge in [-0.3, -0.25) is 4.79 Å². The number of aliphatic imine (C=N–C) groups is 1. The lowest BCUT2D eigenvalue weighted by atomic mass is 10.3. The highest BCUT2D eigenvalue weighted by atomic mass is 35.5. The van der Waals surface area contributed by atoms with Crippen LogP contribution >= 0.6 is 22.9 Å². The minimum absolute atomic E-state index is 0.0308. The molecule has 1 rings (SSSR count). The molecule has 1 aromatic heterocycles. The highest BCUT2D eigenvalue weighted by Gasteiger charge is 2.16. The van der Waals surface area contributed by atoms with Crippen molar-refractivity contribution in [3.05, 3.63) is 11.1 Å². The number of halogens is 1. The first-order valence-electron chi connectivity index (χ1n) is 4.52. The molecular weight excluding hydrogens is 264 g/mol. The molecule has 0 saturated carbocycles. The Morgan fingerprint density at radius 2 is 2.35 bits per heavy atom. The second-order valence-corrected chi connectivity index (χ2v) is 4.30. The third kappa shape index (κ3) is 4.12. The highest BCUT2D eigenvalue weighted by molar-refractivity contribution is 7.13. The maximum Gasteiger partial charge on any atom is 0.276 e. The van der Waals surface area contributed by atoms with Crippen LogP contribution in [0, 0.1) is 0 Å². The van der Waals surface area contributed by atoms with Crippen LogP contribution in [0.15, 0.2) is 15.5 Å². The van der Waals surface area contributed by atoms with Gasteiger partial charge >= 0.3 is 0 Å². The Morgan fingerprint density at radius 3 is 2.88 bits per heavy atom. The third-order valence-corrected chi connectivity index (χ3v) is 2.43. The molecule has 92 valence electrons. The van der Waals surface area contributed by atoms with Gasteiger partial charge in [-0.25, -0.2) is 9.98 Å². The number of hydrogen-bond acceptors (Lipinski definition) is 6. The van der Waals surface area contributed by atoms with E-state index in [2.05, 4.69) is 20.0 Å². The summed E-state index contributed by atoms with van der Waals surface area (Å²) in [4.78, 5) is 25.6. The quantitative estimate of drug-likeness (QED) is 0.353. The summed E-state index contributed by atoms with van der Waals surface area (Å²) in [7, 11) is 5.02. The van der Waals surface area contributed by atoms with Crippen LogP contribution in [0.5, 0.6) is 0 Å². The first kappa shape index (κ1) is 13.6. The molecule has 0 unspecified atom stereocenters. The fourth-order valence-corrected chi connectivity index (χ4v) is 1.64. The average molecular weight is 275 g/mol. The molecule has 0 aliphatic heterocycles. The Bertz CT molecular complexity index is 456. The lowest BCUT2D eigenvalue weighted by molar-refractivity contribution is -0.106. The smallest absolute Gasteiger partial charge is 0.276 e. The maximum atomic E-state index is 11.1. The Kier molecular flexibility index (Phi) is 5.05. The summed E-state index contributed by atoms with van der Waals surface area (Å²) >= 11 is 6.64. The standard InChI is InChI=1S/C9H11ClN4O2S/c1-14(2)5-11-9-12-6(4-17-9)7(8(10)15)13-16-3/h4-5H,1-3H3/b11-5+,13-7-. The number of nitrogens with zero attached hydrogens (tertiary/aromatic N) is 4. The summed E-state index contributed by atoms with van der Waals surface area (Å²) < 4.78 is 0. The van der Waals surface area contributed by atoms with Gasteiger partial charge < -0.3 is 9.74 Å². The molecule has 0 N–H and O–H groups in total. The monoisotopic (exact) mass is 274 g/mol. The fraction of sp³-hybridized carbons (Fsp3) is 0.333. The molecule has 0 atom stereocenters. The predicted octanol–water partition coefficient (Wildman–Crippen LogP) is 1.48. The topological polar surface area (TPSA) is 67.2 Å². The first-order chi connectivity index (χ1) is 8.04. The van der Waals surface area contributed by atoms with Crippen LogP contribution in [0.1, 0.15) is 5.69 Å². The average Bonchev–Trinajstić information content (AvgIpc) is 2.71. The van der Waals surface area contributed by atoms with Crippen molar-refractivity contribution in [2.75, 3.05) is 21.2 Å². The minimum atomic E-state index is -0.722. The molecule has 0 spiro atoms. The van der Waals surface area contributed by atoms with Crippen LogP contribution in [0.4, 0.5) is 5.13 Å². The molecule has 6 nitrogen and oxygen atoms in total. The summed E-state index contributed by atoms with van der Waals surface area (Å²) in [5, 5.41) is 4.95. The van der Waals surface area contributed by atoms with Crippen molar-refractivity contribution >= 4 is 45.4 Å². The number of aromatic nitrogens is 1. The highest BCUT2D eigenvalue weighted by Crippen LogP contribution is 2.19. The van der Waals surface area contributed by atoms with Gasteiger partial charge in [-0.15, -0.1) is 11.3 Å². The molecule has 0 bridgehead atoms. The summed E-state index contributed by atoms with van der Waals surface area (Å²) in [5.74, 6) is 0. The van der Waals surface area contributed by atoms with Gasteiger partial charge in [-0.05, 0) is 11.6 Å². The molecule has 0 amide bonds. The zero-order chi connectivity index (χ0) is 12.8. The van der Waals surface area contributed by atoms with E-state index < -0.39 is 5.24 Å². The van der Waals surface area contributed by atoms with Crippen LogP contribution in [0.3, 0.4) is 0 Å². The van der Waals surface area contributed by atoms with Crippen LogP contribution in [-0.2, 0) is 9.63 Å². The van der Waals surface area contributed by atoms with E-state index >= 15 is 0 Å². The molecule has 0 radical (unpaired) electrons.